The van der Waals surface area contributed by atoms with Crippen LogP contribution in [0.4, 0.5) is 0 Å². The molecule has 1 saturated heterocycles. The van der Waals surface area contributed by atoms with Crippen LogP contribution < -0.4 is 0 Å². The molecule has 0 aromatic heterocycles. The van der Waals surface area contributed by atoms with E-state index in [1.807, 2.05) is 0 Å². The summed E-state index contributed by atoms with van der Waals surface area (Å²) in [5, 5.41) is 8.71. The minimum Gasteiger partial charge on any atom is -0.481 e. The zero-order chi connectivity index (χ0) is 9.14. The van der Waals surface area contributed by atoms with Crippen LogP contribution in [0.5, 0.6) is 0 Å². The number of aliphatic carboxylic acids is 1. The van der Waals surface area contributed by atoms with E-state index < -0.39 is 17.9 Å². The Kier molecular flexibility index (Phi) is 2.47. The molecule has 1 N–H and O–H groups in total. The molecule has 1 aliphatic rings. The number of hydrogen-bond acceptors (Lipinski definition) is 3. The quantitative estimate of drug-likeness (QED) is 0.462. The third-order valence-electron chi connectivity index (χ3n) is 1.89. The van der Waals surface area contributed by atoms with Crippen LogP contribution in [0.15, 0.2) is 11.6 Å². The SMILES string of the molecule is C/C=C1\COC(=O)CC1C(=O)O. The molecule has 1 heterocycles. The number of carbonyl (C=O) groups excluding carboxylic acids is 1. The van der Waals surface area contributed by atoms with Crippen LogP contribution in [0.1, 0.15) is 13.3 Å². The van der Waals surface area contributed by atoms with Crippen LogP contribution in [-0.4, -0.2) is 23.7 Å². The van der Waals surface area contributed by atoms with Crippen LogP contribution in [0.25, 0.3) is 0 Å². The van der Waals surface area contributed by atoms with Gasteiger partial charge in [-0.05, 0) is 12.5 Å². The van der Waals surface area contributed by atoms with Gasteiger partial charge in [-0.25, -0.2) is 0 Å². The fraction of sp³-hybridized carbons (Fsp3) is 0.500. The standard InChI is InChI=1S/C8H10O4/c1-2-5-4-12-7(9)3-6(5)8(10)11/h2,6H,3-4H2,1H3,(H,10,11)/b5-2+. The Morgan fingerprint density at radius 1 is 1.75 bits per heavy atom. The Hall–Kier alpha value is -1.32. The fourth-order valence-electron chi connectivity index (χ4n) is 1.15. The van der Waals surface area contributed by atoms with Crippen molar-refractivity contribution in [2.24, 2.45) is 5.92 Å². The summed E-state index contributed by atoms with van der Waals surface area (Å²) in [4.78, 5) is 21.3. The summed E-state index contributed by atoms with van der Waals surface area (Å²) < 4.78 is 4.69. The lowest BCUT2D eigenvalue weighted by Crippen LogP contribution is -2.29. The van der Waals surface area contributed by atoms with Gasteiger partial charge in [-0.3, -0.25) is 9.59 Å². The van der Waals surface area contributed by atoms with Gasteiger partial charge in [0.1, 0.15) is 6.61 Å². The summed E-state index contributed by atoms with van der Waals surface area (Å²) in [6, 6.07) is 0. The van der Waals surface area contributed by atoms with Gasteiger partial charge < -0.3 is 9.84 Å². The van der Waals surface area contributed by atoms with Gasteiger partial charge in [0.25, 0.3) is 0 Å². The summed E-state index contributed by atoms with van der Waals surface area (Å²) in [6.07, 6.45) is 1.64. The van der Waals surface area contributed by atoms with E-state index in [0.717, 1.165) is 0 Å². The smallest absolute Gasteiger partial charge is 0.311 e. The van der Waals surface area contributed by atoms with Crippen LogP contribution in [0, 0.1) is 5.92 Å². The molecule has 0 amide bonds. The monoisotopic (exact) mass is 170 g/mol. The molecule has 1 rings (SSSR count). The Bertz CT molecular complexity index is 241. The van der Waals surface area contributed by atoms with Crippen LogP contribution in [0.2, 0.25) is 0 Å². The molecule has 0 aromatic rings. The molecule has 0 aromatic carbocycles. The number of carboxylic acid groups (broad SMARTS) is 1. The van der Waals surface area contributed by atoms with E-state index in [4.69, 9.17) is 9.84 Å². The maximum atomic E-state index is 10.7. The van der Waals surface area contributed by atoms with Crippen molar-refractivity contribution < 1.29 is 19.4 Å². The van der Waals surface area contributed by atoms with E-state index in [2.05, 4.69) is 0 Å². The third kappa shape index (κ3) is 1.64. The lowest BCUT2D eigenvalue weighted by atomic mass is 9.94. The highest BCUT2D eigenvalue weighted by molar-refractivity contribution is 5.82. The number of esters is 1. The fourth-order valence-corrected chi connectivity index (χ4v) is 1.15. The maximum absolute atomic E-state index is 10.7. The van der Waals surface area contributed by atoms with Crippen molar-refractivity contribution in [2.75, 3.05) is 6.61 Å². The Morgan fingerprint density at radius 3 is 2.92 bits per heavy atom. The highest BCUT2D eigenvalue weighted by Gasteiger charge is 2.30. The van der Waals surface area contributed by atoms with E-state index in [1.54, 1.807) is 13.0 Å². The first kappa shape index (κ1) is 8.77. The normalized spacial score (nSPS) is 26.9. The van der Waals surface area contributed by atoms with Gasteiger partial charge in [0, 0.05) is 0 Å². The van der Waals surface area contributed by atoms with Crippen molar-refractivity contribution in [2.45, 2.75) is 13.3 Å². The third-order valence-corrected chi connectivity index (χ3v) is 1.89. The second-order valence-electron chi connectivity index (χ2n) is 2.62. The van der Waals surface area contributed by atoms with E-state index >= 15 is 0 Å². The summed E-state index contributed by atoms with van der Waals surface area (Å²) in [6.45, 7) is 1.86. The second-order valence-corrected chi connectivity index (χ2v) is 2.62. The molecule has 66 valence electrons. The molecule has 1 aliphatic heterocycles. The molecular weight excluding hydrogens is 160 g/mol. The van der Waals surface area contributed by atoms with Crippen LogP contribution >= 0.6 is 0 Å². The van der Waals surface area contributed by atoms with Gasteiger partial charge in [0.15, 0.2) is 0 Å². The molecule has 0 radical (unpaired) electrons. The first-order valence-electron chi connectivity index (χ1n) is 3.68. The van der Waals surface area contributed by atoms with E-state index in [9.17, 15) is 9.59 Å². The second kappa shape index (κ2) is 3.38. The lowest BCUT2D eigenvalue weighted by Gasteiger charge is -2.20. The minimum atomic E-state index is -0.959. The summed E-state index contributed by atoms with van der Waals surface area (Å²) in [5.41, 5.74) is 0.669. The lowest BCUT2D eigenvalue weighted by molar-refractivity contribution is -0.153. The van der Waals surface area contributed by atoms with Crippen molar-refractivity contribution in [3.63, 3.8) is 0 Å². The predicted octanol–water partition coefficient (Wildman–Crippen LogP) is 0.580. The highest BCUT2D eigenvalue weighted by Crippen LogP contribution is 2.21. The van der Waals surface area contributed by atoms with Crippen molar-refractivity contribution in [3.8, 4) is 0 Å². The number of rotatable bonds is 1. The molecule has 1 fully saturated rings. The molecule has 12 heavy (non-hydrogen) atoms. The molecule has 0 bridgehead atoms. The summed E-state index contributed by atoms with van der Waals surface area (Å²) >= 11 is 0. The molecule has 4 nitrogen and oxygen atoms in total. The van der Waals surface area contributed by atoms with E-state index in [1.165, 1.54) is 0 Å². The zero-order valence-electron chi connectivity index (χ0n) is 6.74. The Labute approximate surface area is 69.8 Å². The molecule has 0 aliphatic carbocycles. The molecule has 0 saturated carbocycles. The van der Waals surface area contributed by atoms with Crippen molar-refractivity contribution in [1.82, 2.24) is 0 Å². The van der Waals surface area contributed by atoms with Crippen LogP contribution in [-0.2, 0) is 14.3 Å². The number of carboxylic acids is 1. The summed E-state index contributed by atoms with van der Waals surface area (Å²) in [5.74, 6) is -2.08. The Morgan fingerprint density at radius 2 is 2.42 bits per heavy atom. The Balaban J connectivity index is 2.78. The van der Waals surface area contributed by atoms with Crippen LogP contribution in [0.3, 0.4) is 0 Å². The van der Waals surface area contributed by atoms with Gasteiger partial charge in [0.2, 0.25) is 0 Å². The molecule has 0 spiro atoms. The summed E-state index contributed by atoms with van der Waals surface area (Å²) in [7, 11) is 0. The van der Waals surface area contributed by atoms with Gasteiger partial charge in [0.05, 0.1) is 12.3 Å². The first-order valence-corrected chi connectivity index (χ1v) is 3.68. The molecule has 4 heteroatoms. The van der Waals surface area contributed by atoms with E-state index in [-0.39, 0.29) is 13.0 Å². The molecule has 1 atom stereocenters. The largest absolute Gasteiger partial charge is 0.481 e. The van der Waals surface area contributed by atoms with Gasteiger partial charge in [-0.1, -0.05) is 6.08 Å². The van der Waals surface area contributed by atoms with Gasteiger partial charge in [-0.15, -0.1) is 0 Å². The molecule has 1 unspecified atom stereocenters. The number of hydrogen-bond donors (Lipinski definition) is 1. The topological polar surface area (TPSA) is 63.6 Å². The average molecular weight is 170 g/mol. The zero-order valence-corrected chi connectivity index (χ0v) is 6.74. The van der Waals surface area contributed by atoms with Crippen molar-refractivity contribution in [3.05, 3.63) is 11.6 Å². The van der Waals surface area contributed by atoms with E-state index in [0.29, 0.717) is 5.57 Å². The van der Waals surface area contributed by atoms with Gasteiger partial charge >= 0.3 is 11.9 Å². The number of carbonyl (C=O) groups is 2. The number of ether oxygens (including phenoxy) is 1. The highest BCUT2D eigenvalue weighted by atomic mass is 16.5. The number of cyclic esters (lactones) is 1. The number of allylic oxidation sites excluding steroid dienone is 1. The average Bonchev–Trinajstić information content (AvgIpc) is 2.04. The van der Waals surface area contributed by atoms with Gasteiger partial charge in [-0.2, -0.15) is 0 Å². The maximum Gasteiger partial charge on any atom is 0.311 e. The predicted molar refractivity (Wildman–Crippen MR) is 40.5 cm³/mol. The van der Waals surface area contributed by atoms with Crippen molar-refractivity contribution >= 4 is 11.9 Å². The van der Waals surface area contributed by atoms with Crippen molar-refractivity contribution in [1.29, 1.82) is 0 Å². The first-order chi connectivity index (χ1) is 5.65. The molecular formula is C8H10O4. The minimum absolute atomic E-state index is 0.0466.